The number of amides is 1. The first-order chi connectivity index (χ1) is 6.37. The highest BCUT2D eigenvalue weighted by Gasteiger charge is 2.24. The van der Waals surface area contributed by atoms with Crippen LogP contribution >= 0.6 is 0 Å². The van der Waals surface area contributed by atoms with Crippen LogP contribution in [0, 0.1) is 0 Å². The number of carbonyl (C=O) groups is 1. The third-order valence-corrected chi connectivity index (χ3v) is 2.10. The van der Waals surface area contributed by atoms with Gasteiger partial charge in [-0.05, 0) is 34.2 Å². The summed E-state index contributed by atoms with van der Waals surface area (Å²) in [6, 6.07) is 0. The predicted molar refractivity (Wildman–Crippen MR) is 55.3 cm³/mol. The third-order valence-electron chi connectivity index (χ3n) is 2.10. The second-order valence-electron chi connectivity index (χ2n) is 4.95. The summed E-state index contributed by atoms with van der Waals surface area (Å²) in [6.07, 6.45) is 0.689. The number of alkyl carbamates (subject to hydrolysis) is 1. The van der Waals surface area contributed by atoms with Crippen LogP contribution < -0.4 is 5.32 Å². The molecule has 82 valence electrons. The Balaban J connectivity index is 2.27. The normalized spacial score (nSPS) is 23.6. The van der Waals surface area contributed by atoms with Gasteiger partial charge in [0.25, 0.3) is 0 Å². The molecule has 4 nitrogen and oxygen atoms in total. The first-order valence-electron chi connectivity index (χ1n) is 5.04. The van der Waals surface area contributed by atoms with Crippen molar-refractivity contribution in [3.63, 3.8) is 0 Å². The van der Waals surface area contributed by atoms with E-state index in [-0.39, 0.29) is 17.7 Å². The highest BCUT2D eigenvalue weighted by Crippen LogP contribution is 2.11. The summed E-state index contributed by atoms with van der Waals surface area (Å²) in [5.41, 5.74) is -0.221. The van der Waals surface area contributed by atoms with Gasteiger partial charge in [-0.1, -0.05) is 0 Å². The lowest BCUT2D eigenvalue weighted by atomic mass is 10.1. The molecule has 1 unspecified atom stereocenters. The van der Waals surface area contributed by atoms with Gasteiger partial charge in [0.05, 0.1) is 0 Å². The first kappa shape index (κ1) is 11.3. The molecule has 4 heteroatoms. The van der Waals surface area contributed by atoms with Crippen LogP contribution in [0.4, 0.5) is 4.79 Å². The van der Waals surface area contributed by atoms with Gasteiger partial charge in [0.1, 0.15) is 6.10 Å². The van der Waals surface area contributed by atoms with Gasteiger partial charge >= 0.3 is 6.09 Å². The standard InChI is InChI=1S/C10H20N2O2/c1-10(2,3)11-9(13)14-8-5-6-12(4)7-8/h8H,5-7H2,1-4H3,(H,11,13). The van der Waals surface area contributed by atoms with Crippen LogP contribution in [0.3, 0.4) is 0 Å². The van der Waals surface area contributed by atoms with Gasteiger partial charge in [0.15, 0.2) is 0 Å². The van der Waals surface area contributed by atoms with E-state index in [1.165, 1.54) is 0 Å². The van der Waals surface area contributed by atoms with E-state index in [4.69, 9.17) is 4.74 Å². The van der Waals surface area contributed by atoms with E-state index in [2.05, 4.69) is 10.2 Å². The van der Waals surface area contributed by atoms with Crippen molar-refractivity contribution in [2.24, 2.45) is 0 Å². The molecule has 0 bridgehead atoms. The average molecular weight is 200 g/mol. The highest BCUT2D eigenvalue weighted by atomic mass is 16.6. The average Bonchev–Trinajstić information content (AvgIpc) is 2.30. The zero-order chi connectivity index (χ0) is 10.8. The molecule has 0 saturated carbocycles. The first-order valence-corrected chi connectivity index (χ1v) is 5.04. The highest BCUT2D eigenvalue weighted by molar-refractivity contribution is 5.68. The number of rotatable bonds is 1. The molecular weight excluding hydrogens is 180 g/mol. The fraction of sp³-hybridized carbons (Fsp3) is 0.900. The molecule has 1 aliphatic heterocycles. The van der Waals surface area contributed by atoms with Crippen LogP contribution in [0.2, 0.25) is 0 Å². The number of nitrogens with one attached hydrogen (secondary N) is 1. The number of carbonyl (C=O) groups excluding carboxylic acids is 1. The van der Waals surface area contributed by atoms with Gasteiger partial charge in [-0.3, -0.25) is 0 Å². The Hall–Kier alpha value is -0.770. The van der Waals surface area contributed by atoms with Crippen molar-refractivity contribution in [2.75, 3.05) is 20.1 Å². The number of likely N-dealkylation sites (N-methyl/N-ethyl adjacent to an activating group) is 1. The van der Waals surface area contributed by atoms with Crippen LogP contribution in [-0.2, 0) is 4.74 Å². The Morgan fingerprint density at radius 1 is 1.50 bits per heavy atom. The number of likely N-dealkylation sites (tertiary alicyclic amines) is 1. The van der Waals surface area contributed by atoms with Crippen molar-refractivity contribution in [1.29, 1.82) is 0 Å². The molecule has 14 heavy (non-hydrogen) atoms. The van der Waals surface area contributed by atoms with Crippen LogP contribution in [0.5, 0.6) is 0 Å². The van der Waals surface area contributed by atoms with Gasteiger partial charge in [-0.2, -0.15) is 0 Å². The molecule has 0 aliphatic carbocycles. The maximum Gasteiger partial charge on any atom is 0.407 e. The molecule has 1 heterocycles. The number of hydrogen-bond acceptors (Lipinski definition) is 3. The lowest BCUT2D eigenvalue weighted by Gasteiger charge is -2.21. The van der Waals surface area contributed by atoms with Crippen molar-refractivity contribution < 1.29 is 9.53 Å². The van der Waals surface area contributed by atoms with Gasteiger partial charge in [0, 0.05) is 18.6 Å². The lowest BCUT2D eigenvalue weighted by Crippen LogP contribution is -2.42. The molecule has 1 fully saturated rings. The van der Waals surface area contributed by atoms with E-state index in [0.29, 0.717) is 0 Å². The topological polar surface area (TPSA) is 41.6 Å². The second-order valence-corrected chi connectivity index (χ2v) is 4.95. The monoisotopic (exact) mass is 200 g/mol. The molecule has 1 amide bonds. The second kappa shape index (κ2) is 4.17. The third kappa shape index (κ3) is 3.96. The Labute approximate surface area is 85.6 Å². The summed E-state index contributed by atoms with van der Waals surface area (Å²) in [4.78, 5) is 13.5. The van der Waals surface area contributed by atoms with Crippen LogP contribution in [-0.4, -0.2) is 42.8 Å². The zero-order valence-electron chi connectivity index (χ0n) is 9.46. The largest absolute Gasteiger partial charge is 0.445 e. The van der Waals surface area contributed by atoms with E-state index in [1.807, 2.05) is 27.8 Å². The molecule has 1 aliphatic rings. The zero-order valence-corrected chi connectivity index (χ0v) is 9.46. The van der Waals surface area contributed by atoms with E-state index < -0.39 is 0 Å². The van der Waals surface area contributed by atoms with Gasteiger partial charge in [-0.15, -0.1) is 0 Å². The molecule has 0 aromatic carbocycles. The van der Waals surface area contributed by atoms with Crippen molar-refractivity contribution in [3.05, 3.63) is 0 Å². The predicted octanol–water partition coefficient (Wildman–Crippen LogP) is 1.22. The van der Waals surface area contributed by atoms with Gasteiger partial charge < -0.3 is 15.0 Å². The molecule has 1 atom stereocenters. The molecule has 0 spiro atoms. The van der Waals surface area contributed by atoms with Crippen LogP contribution in [0.1, 0.15) is 27.2 Å². The summed E-state index contributed by atoms with van der Waals surface area (Å²) in [6.45, 7) is 7.67. The summed E-state index contributed by atoms with van der Waals surface area (Å²) in [5, 5.41) is 2.78. The Morgan fingerprint density at radius 3 is 2.57 bits per heavy atom. The van der Waals surface area contributed by atoms with E-state index in [9.17, 15) is 4.79 Å². The number of nitrogens with zero attached hydrogens (tertiary/aromatic N) is 1. The fourth-order valence-corrected chi connectivity index (χ4v) is 1.48. The Bertz CT molecular complexity index is 211. The molecule has 0 aromatic heterocycles. The molecule has 0 radical (unpaired) electrons. The summed E-state index contributed by atoms with van der Waals surface area (Å²) in [5.74, 6) is 0. The van der Waals surface area contributed by atoms with Crippen molar-refractivity contribution in [2.45, 2.75) is 38.8 Å². The summed E-state index contributed by atoms with van der Waals surface area (Å²) >= 11 is 0. The maximum absolute atomic E-state index is 11.4. The van der Waals surface area contributed by atoms with E-state index in [1.54, 1.807) is 0 Å². The van der Waals surface area contributed by atoms with E-state index >= 15 is 0 Å². The molecule has 1 saturated heterocycles. The maximum atomic E-state index is 11.4. The SMILES string of the molecule is CN1CCC(OC(=O)NC(C)(C)C)C1. The van der Waals surface area contributed by atoms with Gasteiger partial charge in [-0.25, -0.2) is 4.79 Å². The summed E-state index contributed by atoms with van der Waals surface area (Å²) in [7, 11) is 2.03. The lowest BCUT2D eigenvalue weighted by molar-refractivity contribution is 0.0958. The number of ether oxygens (including phenoxy) is 1. The van der Waals surface area contributed by atoms with Gasteiger partial charge in [0.2, 0.25) is 0 Å². The van der Waals surface area contributed by atoms with Crippen LogP contribution in [0.25, 0.3) is 0 Å². The molecule has 0 aromatic rings. The smallest absolute Gasteiger partial charge is 0.407 e. The van der Waals surface area contributed by atoms with Crippen molar-refractivity contribution >= 4 is 6.09 Å². The molecular formula is C10H20N2O2. The minimum absolute atomic E-state index is 0.0577. The van der Waals surface area contributed by atoms with Crippen LogP contribution in [0.15, 0.2) is 0 Å². The van der Waals surface area contributed by atoms with Crippen molar-refractivity contribution in [3.8, 4) is 0 Å². The fourth-order valence-electron chi connectivity index (χ4n) is 1.48. The van der Waals surface area contributed by atoms with Crippen molar-refractivity contribution in [1.82, 2.24) is 10.2 Å². The minimum atomic E-state index is -0.308. The number of hydrogen-bond donors (Lipinski definition) is 1. The Morgan fingerprint density at radius 2 is 2.14 bits per heavy atom. The molecule has 1 rings (SSSR count). The molecule has 1 N–H and O–H groups in total. The quantitative estimate of drug-likeness (QED) is 0.692. The summed E-state index contributed by atoms with van der Waals surface area (Å²) < 4.78 is 5.27. The minimum Gasteiger partial charge on any atom is -0.445 e. The Kier molecular flexibility index (Phi) is 3.37. The van der Waals surface area contributed by atoms with E-state index in [0.717, 1.165) is 19.5 Å².